The number of hydrogen-bond donors (Lipinski definition) is 2. The van der Waals surface area contributed by atoms with Crippen LogP contribution in [0, 0.1) is 13.8 Å². The Labute approximate surface area is 140 Å². The molecule has 118 valence electrons. The summed E-state index contributed by atoms with van der Waals surface area (Å²) in [5.41, 5.74) is 3.47. The van der Waals surface area contributed by atoms with Gasteiger partial charge in [-0.1, -0.05) is 40.9 Å². The Morgan fingerprint density at radius 2 is 1.50 bits per heavy atom. The molecule has 0 unspecified atom stereocenters. The molecule has 0 heterocycles. The van der Waals surface area contributed by atoms with Crippen molar-refractivity contribution < 1.29 is 10.2 Å². The van der Waals surface area contributed by atoms with Gasteiger partial charge in [0.1, 0.15) is 11.5 Å². The van der Waals surface area contributed by atoms with E-state index in [0.29, 0.717) is 29.4 Å². The van der Waals surface area contributed by atoms with Crippen molar-refractivity contribution in [3.8, 4) is 11.5 Å². The van der Waals surface area contributed by atoms with Gasteiger partial charge in [-0.3, -0.25) is 4.90 Å². The second kappa shape index (κ2) is 6.78. The number of aromatic hydroxyl groups is 2. The molecule has 0 aliphatic rings. The summed E-state index contributed by atoms with van der Waals surface area (Å²) in [4.78, 5) is 1.98. The highest BCUT2D eigenvalue weighted by Gasteiger charge is 2.13. The topological polar surface area (TPSA) is 43.7 Å². The Hall–Kier alpha value is -1.42. The molecule has 5 heteroatoms. The van der Waals surface area contributed by atoms with E-state index in [1.165, 1.54) is 6.07 Å². The van der Waals surface area contributed by atoms with Crippen molar-refractivity contribution in [1.29, 1.82) is 0 Å². The fourth-order valence-electron chi connectivity index (χ4n) is 2.55. The number of phenols is 2. The number of halogens is 2. The summed E-state index contributed by atoms with van der Waals surface area (Å²) in [6.07, 6.45) is 0. The Morgan fingerprint density at radius 1 is 0.909 bits per heavy atom. The van der Waals surface area contributed by atoms with Crippen molar-refractivity contribution in [1.82, 2.24) is 4.90 Å². The molecule has 0 atom stereocenters. The van der Waals surface area contributed by atoms with E-state index in [1.54, 1.807) is 6.07 Å². The largest absolute Gasteiger partial charge is 0.507 e. The molecule has 2 rings (SSSR count). The first kappa shape index (κ1) is 16.9. The molecule has 0 saturated heterocycles. The normalized spacial score (nSPS) is 11.2. The Bertz CT molecular complexity index is 642. The predicted molar refractivity (Wildman–Crippen MR) is 90.9 cm³/mol. The fourth-order valence-corrected chi connectivity index (χ4v) is 3.08. The highest BCUT2D eigenvalue weighted by Crippen LogP contribution is 2.32. The second-order valence-electron chi connectivity index (χ2n) is 5.66. The number of phenolic OH excluding ortho intramolecular Hbond substituents is 2. The van der Waals surface area contributed by atoms with Crippen LogP contribution in [0.4, 0.5) is 0 Å². The summed E-state index contributed by atoms with van der Waals surface area (Å²) in [6, 6.07) is 7.11. The van der Waals surface area contributed by atoms with Gasteiger partial charge in [0, 0.05) is 29.2 Å². The minimum Gasteiger partial charge on any atom is -0.507 e. The molecule has 0 aliphatic heterocycles. The third-order valence-electron chi connectivity index (χ3n) is 3.51. The van der Waals surface area contributed by atoms with Crippen LogP contribution in [-0.2, 0) is 13.1 Å². The lowest BCUT2D eigenvalue weighted by molar-refractivity contribution is 0.306. The molecule has 22 heavy (non-hydrogen) atoms. The number of rotatable bonds is 4. The van der Waals surface area contributed by atoms with E-state index in [1.807, 2.05) is 37.9 Å². The summed E-state index contributed by atoms with van der Waals surface area (Å²) in [7, 11) is 1.91. The lowest BCUT2D eigenvalue weighted by atomic mass is 10.0. The zero-order chi connectivity index (χ0) is 16.4. The van der Waals surface area contributed by atoms with E-state index in [-0.39, 0.29) is 10.8 Å². The second-order valence-corrected chi connectivity index (χ2v) is 6.50. The van der Waals surface area contributed by atoms with Crippen LogP contribution < -0.4 is 0 Å². The summed E-state index contributed by atoms with van der Waals surface area (Å²) in [5, 5.41) is 20.9. The zero-order valence-electron chi connectivity index (χ0n) is 12.8. The van der Waals surface area contributed by atoms with Crippen LogP contribution in [0.25, 0.3) is 0 Å². The van der Waals surface area contributed by atoms with Crippen molar-refractivity contribution in [3.63, 3.8) is 0 Å². The fraction of sp³-hybridized carbons (Fsp3) is 0.294. The van der Waals surface area contributed by atoms with Gasteiger partial charge in [-0.2, -0.15) is 0 Å². The van der Waals surface area contributed by atoms with Crippen LogP contribution in [0.5, 0.6) is 11.5 Å². The van der Waals surface area contributed by atoms with Crippen molar-refractivity contribution >= 4 is 23.2 Å². The van der Waals surface area contributed by atoms with Gasteiger partial charge in [-0.05, 0) is 38.6 Å². The summed E-state index contributed by atoms with van der Waals surface area (Å²) >= 11 is 11.9. The molecule has 0 bridgehead atoms. The molecule has 0 radical (unpaired) electrons. The third-order valence-corrected chi connectivity index (χ3v) is 4.02. The lowest BCUT2D eigenvalue weighted by Gasteiger charge is -2.19. The number of benzene rings is 2. The van der Waals surface area contributed by atoms with Gasteiger partial charge in [0.2, 0.25) is 0 Å². The maximum absolute atomic E-state index is 10.2. The summed E-state index contributed by atoms with van der Waals surface area (Å²) in [6.45, 7) is 4.91. The van der Waals surface area contributed by atoms with Crippen molar-refractivity contribution in [2.75, 3.05) is 7.05 Å². The van der Waals surface area contributed by atoms with Gasteiger partial charge in [0.25, 0.3) is 0 Å². The maximum Gasteiger partial charge on any atom is 0.138 e. The molecule has 2 aromatic rings. The van der Waals surface area contributed by atoms with Crippen LogP contribution >= 0.6 is 23.2 Å². The number of nitrogens with zero attached hydrogens (tertiary/aromatic N) is 1. The van der Waals surface area contributed by atoms with E-state index >= 15 is 0 Å². The molecule has 0 spiro atoms. The molecule has 2 N–H and O–H groups in total. The van der Waals surface area contributed by atoms with Crippen molar-refractivity contribution in [3.05, 3.63) is 56.6 Å². The monoisotopic (exact) mass is 339 g/mol. The predicted octanol–water partition coefficient (Wildman–Crippen LogP) is 4.65. The average molecular weight is 340 g/mol. The lowest BCUT2D eigenvalue weighted by Crippen LogP contribution is -2.17. The van der Waals surface area contributed by atoms with E-state index in [9.17, 15) is 10.2 Å². The first-order valence-electron chi connectivity index (χ1n) is 6.92. The van der Waals surface area contributed by atoms with Crippen LogP contribution in [-0.4, -0.2) is 22.2 Å². The van der Waals surface area contributed by atoms with Gasteiger partial charge in [0.15, 0.2) is 0 Å². The first-order chi connectivity index (χ1) is 10.3. The van der Waals surface area contributed by atoms with Crippen LogP contribution in [0.3, 0.4) is 0 Å². The molecule has 0 amide bonds. The van der Waals surface area contributed by atoms with E-state index in [0.717, 1.165) is 16.7 Å². The number of hydrogen-bond acceptors (Lipinski definition) is 3. The van der Waals surface area contributed by atoms with Crippen molar-refractivity contribution in [2.45, 2.75) is 26.9 Å². The van der Waals surface area contributed by atoms with Gasteiger partial charge in [-0.15, -0.1) is 0 Å². The van der Waals surface area contributed by atoms with Crippen LogP contribution in [0.15, 0.2) is 24.3 Å². The third kappa shape index (κ3) is 3.86. The highest BCUT2D eigenvalue weighted by atomic mass is 35.5. The SMILES string of the molecule is Cc1cc(C)c(O)c(CN(C)Cc2cc(Cl)cc(Cl)c2O)c1. The van der Waals surface area contributed by atoms with E-state index in [2.05, 4.69) is 0 Å². The maximum atomic E-state index is 10.2. The molecule has 0 aromatic heterocycles. The zero-order valence-corrected chi connectivity index (χ0v) is 14.3. The van der Waals surface area contributed by atoms with Crippen molar-refractivity contribution in [2.24, 2.45) is 0 Å². The van der Waals surface area contributed by atoms with Crippen LogP contribution in [0.1, 0.15) is 22.3 Å². The van der Waals surface area contributed by atoms with Gasteiger partial charge >= 0.3 is 0 Å². The first-order valence-corrected chi connectivity index (χ1v) is 7.68. The molecular formula is C17H19Cl2NO2. The molecule has 0 fully saturated rings. The van der Waals surface area contributed by atoms with E-state index in [4.69, 9.17) is 23.2 Å². The standard InChI is InChI=1S/C17H19Cl2NO2/c1-10-4-11(2)16(21)12(5-10)8-20(3)9-13-6-14(18)7-15(19)17(13)22/h4-7,21-22H,8-9H2,1-3H3. The molecule has 0 saturated carbocycles. The number of aryl methyl sites for hydroxylation is 2. The summed E-state index contributed by atoms with van der Waals surface area (Å²) < 4.78 is 0. The Balaban J connectivity index is 2.19. The smallest absolute Gasteiger partial charge is 0.138 e. The Kier molecular flexibility index (Phi) is 5.22. The summed E-state index contributed by atoms with van der Waals surface area (Å²) in [5.74, 6) is 0.355. The van der Waals surface area contributed by atoms with Gasteiger partial charge in [0.05, 0.1) is 5.02 Å². The average Bonchev–Trinajstić information content (AvgIpc) is 2.41. The molecule has 3 nitrogen and oxygen atoms in total. The Morgan fingerprint density at radius 3 is 2.14 bits per heavy atom. The van der Waals surface area contributed by atoms with Gasteiger partial charge in [-0.25, -0.2) is 0 Å². The van der Waals surface area contributed by atoms with E-state index < -0.39 is 0 Å². The highest BCUT2D eigenvalue weighted by molar-refractivity contribution is 6.35. The molecule has 2 aromatic carbocycles. The van der Waals surface area contributed by atoms with Gasteiger partial charge < -0.3 is 10.2 Å². The van der Waals surface area contributed by atoms with Crippen LogP contribution in [0.2, 0.25) is 10.0 Å². The molecule has 0 aliphatic carbocycles. The minimum atomic E-state index is 0.0440. The minimum absolute atomic E-state index is 0.0440. The quantitative estimate of drug-likeness (QED) is 0.851. The molecular weight excluding hydrogens is 321 g/mol.